The van der Waals surface area contributed by atoms with Crippen molar-refractivity contribution >= 4 is 5.91 Å². The van der Waals surface area contributed by atoms with Crippen LogP contribution in [0.2, 0.25) is 0 Å². The minimum absolute atomic E-state index is 0.0547. The Morgan fingerprint density at radius 3 is 2.81 bits per heavy atom. The van der Waals surface area contributed by atoms with E-state index in [1.165, 1.54) is 0 Å². The summed E-state index contributed by atoms with van der Waals surface area (Å²) in [5, 5.41) is 10.0. The minimum atomic E-state index is -0.376. The SMILES string of the molecule is CNC(=O)C(C)(C)CNCCn1cccn1. The molecule has 1 rings (SSSR count). The first kappa shape index (κ1) is 12.7. The zero-order valence-corrected chi connectivity index (χ0v) is 10.2. The summed E-state index contributed by atoms with van der Waals surface area (Å²) >= 11 is 0. The molecule has 1 heterocycles. The quantitative estimate of drug-likeness (QED) is 0.681. The van der Waals surface area contributed by atoms with Gasteiger partial charge in [-0.3, -0.25) is 9.48 Å². The molecule has 0 aliphatic carbocycles. The number of amides is 1. The lowest BCUT2D eigenvalue weighted by Crippen LogP contribution is -2.42. The Balaban J connectivity index is 2.22. The second-order valence-electron chi connectivity index (χ2n) is 4.41. The van der Waals surface area contributed by atoms with E-state index in [4.69, 9.17) is 0 Å². The molecule has 0 saturated heterocycles. The van der Waals surface area contributed by atoms with Crippen molar-refractivity contribution in [3.8, 4) is 0 Å². The number of carbonyl (C=O) groups is 1. The second kappa shape index (κ2) is 5.65. The van der Waals surface area contributed by atoms with E-state index in [1.54, 1.807) is 13.2 Å². The molecule has 0 radical (unpaired) electrons. The third-order valence-electron chi connectivity index (χ3n) is 2.49. The fourth-order valence-electron chi connectivity index (χ4n) is 1.45. The fourth-order valence-corrected chi connectivity index (χ4v) is 1.45. The summed E-state index contributed by atoms with van der Waals surface area (Å²) in [5.41, 5.74) is -0.376. The molecule has 1 aromatic heterocycles. The van der Waals surface area contributed by atoms with Gasteiger partial charge in [-0.05, 0) is 19.9 Å². The molecule has 1 amide bonds. The van der Waals surface area contributed by atoms with E-state index in [2.05, 4.69) is 15.7 Å². The Morgan fingerprint density at radius 1 is 1.50 bits per heavy atom. The molecule has 1 aromatic rings. The van der Waals surface area contributed by atoms with Crippen LogP contribution in [0.4, 0.5) is 0 Å². The molecule has 0 aromatic carbocycles. The van der Waals surface area contributed by atoms with Crippen molar-refractivity contribution in [1.82, 2.24) is 20.4 Å². The Bertz CT molecular complexity index is 319. The van der Waals surface area contributed by atoms with E-state index in [-0.39, 0.29) is 11.3 Å². The molecule has 0 spiro atoms. The van der Waals surface area contributed by atoms with Crippen LogP contribution in [0.1, 0.15) is 13.8 Å². The lowest BCUT2D eigenvalue weighted by Gasteiger charge is -2.22. The maximum Gasteiger partial charge on any atom is 0.226 e. The van der Waals surface area contributed by atoms with Crippen LogP contribution in [0.5, 0.6) is 0 Å². The van der Waals surface area contributed by atoms with Gasteiger partial charge in [-0.25, -0.2) is 0 Å². The topological polar surface area (TPSA) is 59.0 Å². The van der Waals surface area contributed by atoms with Crippen LogP contribution in [0.3, 0.4) is 0 Å². The van der Waals surface area contributed by atoms with Crippen molar-refractivity contribution in [3.63, 3.8) is 0 Å². The average molecular weight is 224 g/mol. The van der Waals surface area contributed by atoms with Crippen molar-refractivity contribution in [2.75, 3.05) is 20.1 Å². The Hall–Kier alpha value is -1.36. The van der Waals surface area contributed by atoms with Crippen LogP contribution in [-0.2, 0) is 11.3 Å². The smallest absolute Gasteiger partial charge is 0.226 e. The number of aromatic nitrogens is 2. The van der Waals surface area contributed by atoms with Crippen molar-refractivity contribution < 1.29 is 4.79 Å². The third-order valence-corrected chi connectivity index (χ3v) is 2.49. The van der Waals surface area contributed by atoms with Gasteiger partial charge in [-0.2, -0.15) is 5.10 Å². The van der Waals surface area contributed by atoms with E-state index in [0.29, 0.717) is 6.54 Å². The van der Waals surface area contributed by atoms with E-state index >= 15 is 0 Å². The van der Waals surface area contributed by atoms with Crippen LogP contribution < -0.4 is 10.6 Å². The monoisotopic (exact) mass is 224 g/mol. The number of nitrogens with zero attached hydrogens (tertiary/aromatic N) is 2. The van der Waals surface area contributed by atoms with Gasteiger partial charge >= 0.3 is 0 Å². The largest absolute Gasteiger partial charge is 0.359 e. The normalized spacial score (nSPS) is 11.4. The Morgan fingerprint density at radius 2 is 2.25 bits per heavy atom. The molecular formula is C11H20N4O. The summed E-state index contributed by atoms with van der Waals surface area (Å²) < 4.78 is 1.86. The number of hydrogen-bond acceptors (Lipinski definition) is 3. The number of nitrogens with one attached hydrogen (secondary N) is 2. The number of rotatable bonds is 6. The molecule has 0 aliphatic heterocycles. The van der Waals surface area contributed by atoms with Crippen LogP contribution in [0, 0.1) is 5.41 Å². The summed E-state index contributed by atoms with van der Waals surface area (Å²) in [6, 6.07) is 1.90. The minimum Gasteiger partial charge on any atom is -0.359 e. The highest BCUT2D eigenvalue weighted by Gasteiger charge is 2.25. The van der Waals surface area contributed by atoms with Gasteiger partial charge in [0.15, 0.2) is 0 Å². The van der Waals surface area contributed by atoms with Gasteiger partial charge in [0.25, 0.3) is 0 Å². The van der Waals surface area contributed by atoms with Crippen LogP contribution >= 0.6 is 0 Å². The fraction of sp³-hybridized carbons (Fsp3) is 0.636. The van der Waals surface area contributed by atoms with Crippen molar-refractivity contribution in [2.24, 2.45) is 5.41 Å². The Kier molecular flexibility index (Phi) is 4.49. The molecule has 0 saturated carbocycles. The summed E-state index contributed by atoms with van der Waals surface area (Å²) in [6.45, 7) is 6.13. The highest BCUT2D eigenvalue weighted by atomic mass is 16.2. The van der Waals surface area contributed by atoms with E-state index < -0.39 is 0 Å². The first-order chi connectivity index (χ1) is 7.56. The maximum absolute atomic E-state index is 11.5. The lowest BCUT2D eigenvalue weighted by molar-refractivity contribution is -0.128. The predicted octanol–water partition coefficient (Wildman–Crippen LogP) is 0.245. The van der Waals surface area contributed by atoms with Crippen LogP contribution in [0.15, 0.2) is 18.5 Å². The molecule has 16 heavy (non-hydrogen) atoms. The van der Waals surface area contributed by atoms with E-state index in [9.17, 15) is 4.79 Å². The average Bonchev–Trinajstić information content (AvgIpc) is 2.76. The maximum atomic E-state index is 11.5. The van der Waals surface area contributed by atoms with Crippen LogP contribution in [-0.4, -0.2) is 35.8 Å². The first-order valence-electron chi connectivity index (χ1n) is 5.46. The lowest BCUT2D eigenvalue weighted by atomic mass is 9.92. The van der Waals surface area contributed by atoms with Gasteiger partial charge in [0.1, 0.15) is 0 Å². The van der Waals surface area contributed by atoms with Crippen LogP contribution in [0.25, 0.3) is 0 Å². The number of carbonyl (C=O) groups excluding carboxylic acids is 1. The van der Waals surface area contributed by atoms with E-state index in [0.717, 1.165) is 13.1 Å². The summed E-state index contributed by atoms with van der Waals surface area (Å²) in [7, 11) is 1.66. The second-order valence-corrected chi connectivity index (χ2v) is 4.41. The summed E-state index contributed by atoms with van der Waals surface area (Å²) in [5.74, 6) is 0.0547. The first-order valence-corrected chi connectivity index (χ1v) is 5.46. The highest BCUT2D eigenvalue weighted by molar-refractivity contribution is 5.81. The summed E-state index contributed by atoms with van der Waals surface area (Å²) in [4.78, 5) is 11.5. The van der Waals surface area contributed by atoms with Gasteiger partial charge in [0.2, 0.25) is 5.91 Å². The van der Waals surface area contributed by atoms with Crippen molar-refractivity contribution in [2.45, 2.75) is 20.4 Å². The molecule has 0 fully saturated rings. The van der Waals surface area contributed by atoms with Crippen molar-refractivity contribution in [3.05, 3.63) is 18.5 Å². The predicted molar refractivity (Wildman–Crippen MR) is 62.9 cm³/mol. The molecule has 0 unspecified atom stereocenters. The van der Waals surface area contributed by atoms with Gasteiger partial charge in [-0.1, -0.05) is 0 Å². The van der Waals surface area contributed by atoms with E-state index in [1.807, 2.05) is 30.8 Å². The van der Waals surface area contributed by atoms with Crippen molar-refractivity contribution in [1.29, 1.82) is 0 Å². The van der Waals surface area contributed by atoms with Gasteiger partial charge in [0.05, 0.1) is 12.0 Å². The van der Waals surface area contributed by atoms with Gasteiger partial charge in [0, 0.05) is 32.5 Å². The zero-order valence-electron chi connectivity index (χ0n) is 10.2. The zero-order chi connectivity index (χ0) is 12.0. The molecule has 90 valence electrons. The molecule has 5 nitrogen and oxygen atoms in total. The summed E-state index contributed by atoms with van der Waals surface area (Å²) in [6.07, 6.45) is 3.68. The number of hydrogen-bond donors (Lipinski definition) is 2. The molecule has 0 bridgehead atoms. The molecule has 2 N–H and O–H groups in total. The molecule has 0 aliphatic rings. The Labute approximate surface area is 96.2 Å². The van der Waals surface area contributed by atoms with Gasteiger partial charge in [-0.15, -0.1) is 0 Å². The molecule has 5 heteroatoms. The standard InChI is InChI=1S/C11H20N4O/c1-11(2,10(16)12-3)9-13-6-8-15-7-4-5-14-15/h4-5,7,13H,6,8-9H2,1-3H3,(H,12,16). The highest BCUT2D eigenvalue weighted by Crippen LogP contribution is 2.12. The molecule has 0 atom stereocenters. The molecular weight excluding hydrogens is 204 g/mol. The van der Waals surface area contributed by atoms with Gasteiger partial charge < -0.3 is 10.6 Å². The third kappa shape index (κ3) is 3.66.